The average Bonchev–Trinajstić information content (AvgIpc) is 3.05. The molecule has 118 valence electrons. The molecule has 23 heavy (non-hydrogen) atoms. The van der Waals surface area contributed by atoms with Crippen LogP contribution >= 0.6 is 11.6 Å². The van der Waals surface area contributed by atoms with Crippen molar-refractivity contribution in [2.75, 3.05) is 13.6 Å². The number of hydrogen-bond acceptors (Lipinski definition) is 5. The fourth-order valence-corrected chi connectivity index (χ4v) is 2.61. The van der Waals surface area contributed by atoms with Crippen LogP contribution in [0.25, 0.3) is 10.9 Å². The zero-order chi connectivity index (χ0) is 16.4. The summed E-state index contributed by atoms with van der Waals surface area (Å²) in [6, 6.07) is 7.22. The average molecular weight is 331 g/mol. The third kappa shape index (κ3) is 3.17. The van der Waals surface area contributed by atoms with Gasteiger partial charge in [0.05, 0.1) is 16.1 Å². The maximum absolute atomic E-state index is 12.8. The molecule has 0 spiro atoms. The topological polar surface area (TPSA) is 72.1 Å². The van der Waals surface area contributed by atoms with E-state index in [0.717, 1.165) is 11.1 Å². The van der Waals surface area contributed by atoms with Gasteiger partial charge >= 0.3 is 0 Å². The molecular formula is C16H15ClN4O2. The standard InChI is InChI=1S/C16H15ClN4O2/c1-10-8-12(11-4-3-5-13(17)15(11)19-10)16(22)21(2)7-6-14-18-9-23-20-14/h3-5,8-9H,6-7H2,1-2H3. The number of amides is 1. The number of benzene rings is 1. The minimum Gasteiger partial charge on any atom is -0.343 e. The highest BCUT2D eigenvalue weighted by Gasteiger charge is 2.17. The summed E-state index contributed by atoms with van der Waals surface area (Å²) < 4.78 is 4.69. The highest BCUT2D eigenvalue weighted by Crippen LogP contribution is 2.25. The summed E-state index contributed by atoms with van der Waals surface area (Å²) in [5.41, 5.74) is 1.98. The lowest BCUT2D eigenvalue weighted by atomic mass is 10.1. The van der Waals surface area contributed by atoms with Crippen LogP contribution in [0.4, 0.5) is 0 Å². The Kier molecular flexibility index (Phi) is 4.25. The Balaban J connectivity index is 1.89. The number of para-hydroxylation sites is 1. The van der Waals surface area contributed by atoms with Gasteiger partial charge in [-0.3, -0.25) is 9.78 Å². The number of halogens is 1. The Morgan fingerprint density at radius 2 is 2.22 bits per heavy atom. The molecule has 2 aromatic heterocycles. The maximum atomic E-state index is 12.8. The Labute approximate surface area is 138 Å². The highest BCUT2D eigenvalue weighted by atomic mass is 35.5. The van der Waals surface area contributed by atoms with Gasteiger partial charge in [0.1, 0.15) is 0 Å². The number of rotatable bonds is 4. The summed E-state index contributed by atoms with van der Waals surface area (Å²) in [5.74, 6) is 0.481. The van der Waals surface area contributed by atoms with Gasteiger partial charge in [-0.2, -0.15) is 4.98 Å². The number of carbonyl (C=O) groups excluding carboxylic acids is 1. The summed E-state index contributed by atoms with van der Waals surface area (Å²) in [7, 11) is 1.74. The molecule has 6 nitrogen and oxygen atoms in total. The van der Waals surface area contributed by atoms with Gasteiger partial charge in [-0.1, -0.05) is 28.9 Å². The van der Waals surface area contributed by atoms with Crippen LogP contribution in [0.3, 0.4) is 0 Å². The second kappa shape index (κ2) is 6.34. The quantitative estimate of drug-likeness (QED) is 0.735. The fourth-order valence-electron chi connectivity index (χ4n) is 2.40. The zero-order valence-corrected chi connectivity index (χ0v) is 13.5. The van der Waals surface area contributed by atoms with E-state index >= 15 is 0 Å². The normalized spacial score (nSPS) is 10.9. The Hall–Kier alpha value is -2.47. The predicted octanol–water partition coefficient (Wildman–Crippen LogP) is 2.89. The molecule has 0 fully saturated rings. The number of hydrogen-bond donors (Lipinski definition) is 0. The zero-order valence-electron chi connectivity index (χ0n) is 12.8. The first-order valence-electron chi connectivity index (χ1n) is 7.13. The lowest BCUT2D eigenvalue weighted by molar-refractivity contribution is 0.0797. The smallest absolute Gasteiger partial charge is 0.254 e. The van der Waals surface area contributed by atoms with E-state index in [0.29, 0.717) is 34.9 Å². The van der Waals surface area contributed by atoms with Crippen molar-refractivity contribution in [3.8, 4) is 0 Å². The number of likely N-dealkylation sites (N-methyl/N-ethyl adjacent to an activating group) is 1. The molecule has 7 heteroatoms. The Bertz CT molecular complexity index is 849. The number of nitrogens with zero attached hydrogens (tertiary/aromatic N) is 4. The molecule has 0 saturated heterocycles. The molecule has 3 aromatic rings. The third-order valence-electron chi connectivity index (χ3n) is 3.57. The van der Waals surface area contributed by atoms with Gasteiger partial charge in [-0.15, -0.1) is 0 Å². The summed E-state index contributed by atoms with van der Waals surface area (Å²) in [6.45, 7) is 2.33. The molecule has 0 aliphatic rings. The molecule has 0 aliphatic carbocycles. The van der Waals surface area contributed by atoms with Gasteiger partial charge in [0.2, 0.25) is 6.39 Å². The van der Waals surface area contributed by atoms with Gasteiger partial charge in [-0.05, 0) is 19.1 Å². The second-order valence-electron chi connectivity index (χ2n) is 5.27. The molecular weight excluding hydrogens is 316 g/mol. The van der Waals surface area contributed by atoms with E-state index in [1.165, 1.54) is 6.39 Å². The molecule has 0 saturated carbocycles. The largest absolute Gasteiger partial charge is 0.343 e. The van der Waals surface area contributed by atoms with Crippen molar-refractivity contribution in [1.29, 1.82) is 0 Å². The molecule has 0 N–H and O–H groups in total. The minimum atomic E-state index is -0.0914. The molecule has 1 amide bonds. The van der Waals surface area contributed by atoms with Crippen LogP contribution in [0.15, 0.2) is 35.2 Å². The van der Waals surface area contributed by atoms with E-state index in [4.69, 9.17) is 16.1 Å². The van der Waals surface area contributed by atoms with Gasteiger partial charge in [0.25, 0.3) is 5.91 Å². The van der Waals surface area contributed by atoms with Crippen LogP contribution in [-0.2, 0) is 6.42 Å². The van der Waals surface area contributed by atoms with Crippen LogP contribution in [0.1, 0.15) is 21.9 Å². The Morgan fingerprint density at radius 3 is 2.96 bits per heavy atom. The van der Waals surface area contributed by atoms with Crippen molar-refractivity contribution in [3.05, 3.63) is 52.8 Å². The van der Waals surface area contributed by atoms with Crippen molar-refractivity contribution in [1.82, 2.24) is 20.0 Å². The second-order valence-corrected chi connectivity index (χ2v) is 5.68. The molecule has 0 unspecified atom stereocenters. The van der Waals surface area contributed by atoms with E-state index in [1.54, 1.807) is 24.1 Å². The van der Waals surface area contributed by atoms with Crippen molar-refractivity contribution >= 4 is 28.4 Å². The van der Waals surface area contributed by atoms with Gasteiger partial charge in [0, 0.05) is 31.1 Å². The summed E-state index contributed by atoms with van der Waals surface area (Å²) in [6.07, 6.45) is 1.81. The van der Waals surface area contributed by atoms with Crippen molar-refractivity contribution in [3.63, 3.8) is 0 Å². The van der Waals surface area contributed by atoms with Crippen LogP contribution in [-0.4, -0.2) is 39.5 Å². The molecule has 2 heterocycles. The minimum absolute atomic E-state index is 0.0914. The number of pyridine rings is 1. The monoisotopic (exact) mass is 330 g/mol. The van der Waals surface area contributed by atoms with Crippen LogP contribution in [0.5, 0.6) is 0 Å². The molecule has 0 aliphatic heterocycles. The number of aromatic nitrogens is 3. The van der Waals surface area contributed by atoms with Gasteiger partial charge in [-0.25, -0.2) is 0 Å². The van der Waals surface area contributed by atoms with Crippen LogP contribution < -0.4 is 0 Å². The summed E-state index contributed by atoms with van der Waals surface area (Å²) >= 11 is 6.20. The van der Waals surface area contributed by atoms with E-state index in [1.807, 2.05) is 19.1 Å². The first-order chi connectivity index (χ1) is 11.1. The Morgan fingerprint density at radius 1 is 1.39 bits per heavy atom. The SMILES string of the molecule is Cc1cc(C(=O)N(C)CCc2ncon2)c2cccc(Cl)c2n1. The van der Waals surface area contributed by atoms with Gasteiger partial charge in [0.15, 0.2) is 5.82 Å². The van der Waals surface area contributed by atoms with Crippen molar-refractivity contribution < 1.29 is 9.32 Å². The first kappa shape index (κ1) is 15.4. The molecule has 0 bridgehead atoms. The highest BCUT2D eigenvalue weighted by molar-refractivity contribution is 6.35. The third-order valence-corrected chi connectivity index (χ3v) is 3.88. The van der Waals surface area contributed by atoms with E-state index in [-0.39, 0.29) is 5.91 Å². The van der Waals surface area contributed by atoms with Crippen molar-refractivity contribution in [2.45, 2.75) is 13.3 Å². The van der Waals surface area contributed by atoms with E-state index in [9.17, 15) is 4.79 Å². The lowest BCUT2D eigenvalue weighted by Crippen LogP contribution is -2.29. The maximum Gasteiger partial charge on any atom is 0.254 e. The fraction of sp³-hybridized carbons (Fsp3) is 0.250. The number of fused-ring (bicyclic) bond motifs is 1. The van der Waals surface area contributed by atoms with Crippen LogP contribution in [0.2, 0.25) is 5.02 Å². The van der Waals surface area contributed by atoms with E-state index < -0.39 is 0 Å². The van der Waals surface area contributed by atoms with Crippen molar-refractivity contribution in [2.24, 2.45) is 0 Å². The molecule has 0 radical (unpaired) electrons. The first-order valence-corrected chi connectivity index (χ1v) is 7.50. The summed E-state index contributed by atoms with van der Waals surface area (Å²) in [4.78, 5) is 22.8. The lowest BCUT2D eigenvalue weighted by Gasteiger charge is -2.18. The predicted molar refractivity (Wildman–Crippen MR) is 86.5 cm³/mol. The molecule has 0 atom stereocenters. The van der Waals surface area contributed by atoms with Crippen LogP contribution in [0, 0.1) is 6.92 Å². The molecule has 1 aromatic carbocycles. The number of carbonyl (C=O) groups is 1. The van der Waals surface area contributed by atoms with E-state index in [2.05, 4.69) is 15.1 Å². The van der Waals surface area contributed by atoms with Gasteiger partial charge < -0.3 is 9.42 Å². The molecule has 3 rings (SSSR count). The summed E-state index contributed by atoms with van der Waals surface area (Å²) in [5, 5.41) is 5.03. The number of aryl methyl sites for hydroxylation is 1.